The predicted molar refractivity (Wildman–Crippen MR) is 82.8 cm³/mol. The van der Waals surface area contributed by atoms with E-state index in [1.165, 1.54) is 0 Å². The number of aliphatic hydroxyl groups excluding tert-OH is 1. The Morgan fingerprint density at radius 2 is 2.30 bits per heavy atom. The molecule has 2 rings (SSSR count). The zero-order valence-corrected chi connectivity index (χ0v) is 12.4. The van der Waals surface area contributed by atoms with E-state index in [9.17, 15) is 4.79 Å². The van der Waals surface area contributed by atoms with E-state index >= 15 is 0 Å². The van der Waals surface area contributed by atoms with Gasteiger partial charge in [0.05, 0.1) is 12.2 Å². The van der Waals surface area contributed by atoms with Crippen LogP contribution in [0.4, 0.5) is 0 Å². The van der Waals surface area contributed by atoms with Crippen LogP contribution in [0, 0.1) is 11.8 Å². The minimum Gasteiger partial charge on any atom is -0.395 e. The van der Waals surface area contributed by atoms with Crippen LogP contribution >= 0.6 is 11.8 Å². The zero-order valence-electron chi connectivity index (χ0n) is 11.6. The molecule has 1 aromatic rings. The lowest BCUT2D eigenvalue weighted by molar-refractivity contribution is 0.0763. The van der Waals surface area contributed by atoms with Crippen LogP contribution < -0.4 is 0 Å². The van der Waals surface area contributed by atoms with Crippen molar-refractivity contribution in [1.82, 2.24) is 4.90 Å². The lowest BCUT2D eigenvalue weighted by Gasteiger charge is -2.30. The monoisotopic (exact) mass is 289 g/mol. The van der Waals surface area contributed by atoms with E-state index in [4.69, 9.17) is 5.11 Å². The third kappa shape index (κ3) is 3.78. The number of rotatable bonds is 2. The van der Waals surface area contributed by atoms with E-state index in [-0.39, 0.29) is 12.5 Å². The molecular formula is C16H19NO2S. The molecule has 0 aromatic heterocycles. The van der Waals surface area contributed by atoms with Crippen molar-refractivity contribution in [2.45, 2.75) is 18.6 Å². The summed E-state index contributed by atoms with van der Waals surface area (Å²) in [5, 5.41) is 9.26. The van der Waals surface area contributed by atoms with E-state index < -0.39 is 0 Å². The highest BCUT2D eigenvalue weighted by Crippen LogP contribution is 2.20. The van der Waals surface area contributed by atoms with Crippen LogP contribution in [0.25, 0.3) is 0 Å². The van der Waals surface area contributed by atoms with Gasteiger partial charge < -0.3 is 10.0 Å². The van der Waals surface area contributed by atoms with Gasteiger partial charge in [-0.05, 0) is 12.1 Å². The third-order valence-electron chi connectivity index (χ3n) is 3.15. The minimum atomic E-state index is 0.0456. The van der Waals surface area contributed by atoms with Crippen molar-refractivity contribution >= 4 is 17.7 Å². The highest BCUT2D eigenvalue weighted by atomic mass is 32.2. The summed E-state index contributed by atoms with van der Waals surface area (Å²) in [4.78, 5) is 14.5. The average Bonchev–Trinajstić information content (AvgIpc) is 2.47. The fourth-order valence-corrected chi connectivity index (χ4v) is 3.18. The predicted octanol–water partition coefficient (Wildman–Crippen LogP) is 2.00. The first kappa shape index (κ1) is 15.0. The molecule has 1 N–H and O–H groups in total. The van der Waals surface area contributed by atoms with E-state index in [0.29, 0.717) is 17.2 Å². The van der Waals surface area contributed by atoms with Crippen LogP contribution in [0.5, 0.6) is 0 Å². The lowest BCUT2D eigenvalue weighted by atomic mass is 10.1. The normalized spacial score (nSPS) is 18.3. The second-order valence-corrected chi connectivity index (χ2v) is 6.30. The van der Waals surface area contributed by atoms with Gasteiger partial charge in [-0.1, -0.05) is 30.9 Å². The summed E-state index contributed by atoms with van der Waals surface area (Å²) in [5.74, 6) is 6.92. The zero-order chi connectivity index (χ0) is 14.4. The Labute approximate surface area is 124 Å². The second-order valence-electron chi connectivity index (χ2n) is 4.75. The Kier molecular flexibility index (Phi) is 5.51. The highest BCUT2D eigenvalue weighted by Gasteiger charge is 2.23. The molecule has 106 valence electrons. The SMILES string of the molecule is CC1CN(C(=O)c2ccccc2C#CCCO)CCS1. The van der Waals surface area contributed by atoms with Crippen molar-refractivity contribution in [1.29, 1.82) is 0 Å². The molecular weight excluding hydrogens is 270 g/mol. The van der Waals surface area contributed by atoms with Crippen LogP contribution in [0.3, 0.4) is 0 Å². The second kappa shape index (κ2) is 7.37. The molecule has 0 saturated carbocycles. The molecule has 1 amide bonds. The van der Waals surface area contributed by atoms with E-state index in [2.05, 4.69) is 18.8 Å². The number of thioether (sulfide) groups is 1. The van der Waals surface area contributed by atoms with Crippen molar-refractivity contribution in [3.05, 3.63) is 35.4 Å². The Morgan fingerprint density at radius 3 is 3.05 bits per heavy atom. The van der Waals surface area contributed by atoms with Crippen LogP contribution in [-0.4, -0.2) is 46.6 Å². The van der Waals surface area contributed by atoms with Gasteiger partial charge in [-0.3, -0.25) is 4.79 Å². The van der Waals surface area contributed by atoms with Crippen LogP contribution in [-0.2, 0) is 0 Å². The summed E-state index contributed by atoms with van der Waals surface area (Å²) in [6.07, 6.45) is 0.430. The van der Waals surface area contributed by atoms with Crippen LogP contribution in [0.1, 0.15) is 29.3 Å². The summed E-state index contributed by atoms with van der Waals surface area (Å²) in [5.41, 5.74) is 1.41. The van der Waals surface area contributed by atoms with Gasteiger partial charge in [-0.15, -0.1) is 0 Å². The summed E-state index contributed by atoms with van der Waals surface area (Å²) >= 11 is 1.91. The van der Waals surface area contributed by atoms with Crippen molar-refractivity contribution in [3.63, 3.8) is 0 Å². The molecule has 1 heterocycles. The smallest absolute Gasteiger partial charge is 0.255 e. The standard InChI is InChI=1S/C16H19NO2S/c1-13-12-17(9-11-20-13)16(19)15-8-3-2-6-14(15)7-4-5-10-18/h2-3,6,8,13,18H,5,9-12H2,1H3. The third-order valence-corrected chi connectivity index (χ3v) is 4.28. The Morgan fingerprint density at radius 1 is 1.50 bits per heavy atom. The number of carbonyl (C=O) groups excluding carboxylic acids is 1. The van der Waals surface area contributed by atoms with Gasteiger partial charge in [0.25, 0.3) is 5.91 Å². The molecule has 1 fully saturated rings. The molecule has 3 nitrogen and oxygen atoms in total. The summed E-state index contributed by atoms with van der Waals surface area (Å²) < 4.78 is 0. The largest absolute Gasteiger partial charge is 0.395 e. The quantitative estimate of drug-likeness (QED) is 0.847. The molecule has 1 aliphatic heterocycles. The molecule has 20 heavy (non-hydrogen) atoms. The number of benzene rings is 1. The van der Waals surface area contributed by atoms with Crippen molar-refractivity contribution in [2.24, 2.45) is 0 Å². The Balaban J connectivity index is 2.19. The molecule has 0 spiro atoms. The average molecular weight is 289 g/mol. The van der Waals surface area contributed by atoms with Gasteiger partial charge in [-0.2, -0.15) is 11.8 Å². The maximum atomic E-state index is 12.6. The van der Waals surface area contributed by atoms with Gasteiger partial charge in [0.1, 0.15) is 0 Å². The molecule has 1 unspecified atom stereocenters. The van der Waals surface area contributed by atoms with E-state index in [0.717, 1.165) is 24.4 Å². The molecule has 1 aromatic carbocycles. The Bertz CT molecular complexity index is 533. The minimum absolute atomic E-state index is 0.0456. The van der Waals surface area contributed by atoms with Crippen LogP contribution in [0.15, 0.2) is 24.3 Å². The summed E-state index contributed by atoms with van der Waals surface area (Å²) in [7, 11) is 0. The first-order chi connectivity index (χ1) is 9.72. The fraction of sp³-hybridized carbons (Fsp3) is 0.438. The molecule has 1 atom stereocenters. The topological polar surface area (TPSA) is 40.5 Å². The maximum absolute atomic E-state index is 12.6. The number of aliphatic hydroxyl groups is 1. The number of hydrogen-bond acceptors (Lipinski definition) is 3. The van der Waals surface area contributed by atoms with E-state index in [1.54, 1.807) is 0 Å². The number of nitrogens with zero attached hydrogens (tertiary/aromatic N) is 1. The molecule has 1 saturated heterocycles. The fourth-order valence-electron chi connectivity index (χ4n) is 2.17. The molecule has 4 heteroatoms. The maximum Gasteiger partial charge on any atom is 0.255 e. The van der Waals surface area contributed by atoms with Crippen molar-refractivity contribution in [3.8, 4) is 11.8 Å². The van der Waals surface area contributed by atoms with Gasteiger partial charge >= 0.3 is 0 Å². The van der Waals surface area contributed by atoms with Crippen molar-refractivity contribution < 1.29 is 9.90 Å². The number of carbonyl (C=O) groups is 1. The van der Waals surface area contributed by atoms with Gasteiger partial charge in [0.2, 0.25) is 0 Å². The van der Waals surface area contributed by atoms with E-state index in [1.807, 2.05) is 40.9 Å². The first-order valence-corrected chi connectivity index (χ1v) is 7.87. The molecule has 1 aliphatic rings. The molecule has 0 aliphatic carbocycles. The molecule has 0 radical (unpaired) electrons. The van der Waals surface area contributed by atoms with Gasteiger partial charge in [0, 0.05) is 36.1 Å². The van der Waals surface area contributed by atoms with Gasteiger partial charge in [0.15, 0.2) is 0 Å². The number of amides is 1. The van der Waals surface area contributed by atoms with Crippen molar-refractivity contribution in [2.75, 3.05) is 25.4 Å². The summed E-state index contributed by atoms with van der Waals surface area (Å²) in [6, 6.07) is 7.44. The Hall–Kier alpha value is -1.44. The summed E-state index contributed by atoms with van der Waals surface area (Å²) in [6.45, 7) is 3.79. The van der Waals surface area contributed by atoms with Crippen LogP contribution in [0.2, 0.25) is 0 Å². The first-order valence-electron chi connectivity index (χ1n) is 6.82. The highest BCUT2D eigenvalue weighted by molar-refractivity contribution is 7.99. The number of hydrogen-bond donors (Lipinski definition) is 1. The lowest BCUT2D eigenvalue weighted by Crippen LogP contribution is -2.41. The van der Waals surface area contributed by atoms with Gasteiger partial charge in [-0.25, -0.2) is 0 Å². The molecule has 0 bridgehead atoms.